The van der Waals surface area contributed by atoms with Crippen molar-refractivity contribution in [2.45, 2.75) is 42.2 Å². The highest BCUT2D eigenvalue weighted by atomic mass is 127. The van der Waals surface area contributed by atoms with Crippen LogP contribution in [0.25, 0.3) is 0 Å². The molecule has 2 aliphatic rings. The van der Waals surface area contributed by atoms with Crippen molar-refractivity contribution in [1.82, 2.24) is 4.90 Å². The van der Waals surface area contributed by atoms with Crippen LogP contribution in [0.2, 0.25) is 0 Å². The van der Waals surface area contributed by atoms with Gasteiger partial charge < -0.3 is 4.90 Å². The van der Waals surface area contributed by atoms with E-state index in [1.807, 2.05) is 6.07 Å². The molecule has 1 heterocycles. The highest BCUT2D eigenvalue weighted by Gasteiger charge is 2.44. The zero-order valence-electron chi connectivity index (χ0n) is 10.4. The Kier molecular flexibility index (Phi) is 3.59. The third-order valence-electron chi connectivity index (χ3n) is 4.27. The number of amides is 1. The maximum Gasteiger partial charge on any atom is 0.223 e. The molecule has 2 nitrogen and oxygen atoms in total. The Morgan fingerprint density at radius 3 is 2.78 bits per heavy atom. The second-order valence-corrected chi connectivity index (χ2v) is 6.99. The predicted molar refractivity (Wildman–Crippen MR) is 80.5 cm³/mol. The first kappa shape index (κ1) is 12.5. The first-order valence-corrected chi connectivity index (χ1v) is 7.98. The molecule has 0 radical (unpaired) electrons. The monoisotopic (exact) mass is 355 g/mol. The van der Waals surface area contributed by atoms with Gasteiger partial charge in [-0.05, 0) is 24.3 Å². The quantitative estimate of drug-likeness (QED) is 0.588. The van der Waals surface area contributed by atoms with Crippen LogP contribution < -0.4 is 0 Å². The minimum Gasteiger partial charge on any atom is -0.335 e. The van der Waals surface area contributed by atoms with Crippen molar-refractivity contribution in [1.29, 1.82) is 0 Å². The Bertz CT molecular complexity index is 433. The van der Waals surface area contributed by atoms with Crippen molar-refractivity contribution >= 4 is 28.5 Å². The molecule has 1 aromatic rings. The van der Waals surface area contributed by atoms with E-state index in [9.17, 15) is 4.79 Å². The van der Waals surface area contributed by atoms with Gasteiger partial charge in [-0.15, -0.1) is 0 Å². The summed E-state index contributed by atoms with van der Waals surface area (Å²) in [6.45, 7) is 0.796. The molecule has 1 saturated carbocycles. The molecular weight excluding hydrogens is 337 g/mol. The molecule has 3 heteroatoms. The molecule has 3 rings (SSSR count). The lowest BCUT2D eigenvalue weighted by atomic mass is 9.85. The molecule has 2 fully saturated rings. The minimum absolute atomic E-state index is 0.359. The number of benzene rings is 1. The summed E-state index contributed by atoms with van der Waals surface area (Å²) in [6, 6.07) is 10.9. The molecule has 1 aromatic carbocycles. The average molecular weight is 355 g/mol. The fourth-order valence-electron chi connectivity index (χ4n) is 3.33. The number of alkyl halides is 1. The minimum atomic E-state index is 0.359. The van der Waals surface area contributed by atoms with Crippen LogP contribution in [0, 0.1) is 5.92 Å². The SMILES string of the molecule is O=C1CC2C(I)CCCC2N1Cc1ccccc1. The number of fused-ring (bicyclic) bond motifs is 1. The van der Waals surface area contributed by atoms with E-state index >= 15 is 0 Å². The lowest BCUT2D eigenvalue weighted by Gasteiger charge is -2.34. The number of carbonyl (C=O) groups is 1. The highest BCUT2D eigenvalue weighted by molar-refractivity contribution is 14.1. The van der Waals surface area contributed by atoms with Crippen molar-refractivity contribution in [3.63, 3.8) is 0 Å². The number of hydrogen-bond acceptors (Lipinski definition) is 1. The second-order valence-electron chi connectivity index (χ2n) is 5.39. The maximum absolute atomic E-state index is 12.2. The van der Waals surface area contributed by atoms with Crippen LogP contribution in [-0.2, 0) is 11.3 Å². The van der Waals surface area contributed by atoms with Crippen molar-refractivity contribution in [2.75, 3.05) is 0 Å². The molecular formula is C15H18INO. The lowest BCUT2D eigenvalue weighted by molar-refractivity contribution is -0.129. The van der Waals surface area contributed by atoms with E-state index in [-0.39, 0.29) is 0 Å². The number of nitrogens with zero attached hydrogens (tertiary/aromatic N) is 1. The fraction of sp³-hybridized carbons (Fsp3) is 0.533. The molecule has 3 unspecified atom stereocenters. The predicted octanol–water partition coefficient (Wildman–Crippen LogP) is 3.39. The molecule has 96 valence electrons. The third-order valence-corrected chi connectivity index (χ3v) is 5.81. The van der Waals surface area contributed by atoms with E-state index in [1.54, 1.807) is 0 Å². The van der Waals surface area contributed by atoms with E-state index in [4.69, 9.17) is 0 Å². The Balaban J connectivity index is 1.77. The van der Waals surface area contributed by atoms with Crippen LogP contribution in [-0.4, -0.2) is 20.8 Å². The smallest absolute Gasteiger partial charge is 0.223 e. The maximum atomic E-state index is 12.2. The van der Waals surface area contributed by atoms with Crippen LogP contribution in [0.1, 0.15) is 31.2 Å². The Morgan fingerprint density at radius 1 is 1.22 bits per heavy atom. The zero-order valence-corrected chi connectivity index (χ0v) is 12.5. The van der Waals surface area contributed by atoms with Gasteiger partial charge >= 0.3 is 0 Å². The van der Waals surface area contributed by atoms with Gasteiger partial charge in [0.25, 0.3) is 0 Å². The van der Waals surface area contributed by atoms with Gasteiger partial charge in [-0.2, -0.15) is 0 Å². The molecule has 1 aliphatic carbocycles. The fourth-order valence-corrected chi connectivity index (χ4v) is 4.51. The first-order valence-electron chi connectivity index (χ1n) is 6.73. The number of rotatable bonds is 2. The van der Waals surface area contributed by atoms with Crippen molar-refractivity contribution < 1.29 is 4.79 Å². The topological polar surface area (TPSA) is 20.3 Å². The van der Waals surface area contributed by atoms with Crippen LogP contribution in [0.4, 0.5) is 0 Å². The largest absolute Gasteiger partial charge is 0.335 e. The standard InChI is InChI=1S/C15H18INO/c16-13-7-4-8-14-12(13)9-15(18)17(14)10-11-5-2-1-3-6-11/h1-3,5-6,12-14H,4,7-10H2. The van der Waals surface area contributed by atoms with E-state index in [1.165, 1.54) is 24.8 Å². The summed E-state index contributed by atoms with van der Waals surface area (Å²) >= 11 is 2.55. The van der Waals surface area contributed by atoms with Gasteiger partial charge in [0.1, 0.15) is 0 Å². The van der Waals surface area contributed by atoms with Crippen molar-refractivity contribution in [2.24, 2.45) is 5.92 Å². The summed E-state index contributed by atoms with van der Waals surface area (Å²) in [5.41, 5.74) is 1.25. The van der Waals surface area contributed by atoms with E-state index in [0.29, 0.717) is 21.8 Å². The van der Waals surface area contributed by atoms with Crippen molar-refractivity contribution in [3.8, 4) is 0 Å². The van der Waals surface area contributed by atoms with Gasteiger partial charge in [-0.25, -0.2) is 0 Å². The molecule has 0 aromatic heterocycles. The molecule has 3 atom stereocenters. The van der Waals surface area contributed by atoms with E-state index in [2.05, 4.69) is 51.8 Å². The average Bonchev–Trinajstić information content (AvgIpc) is 2.70. The van der Waals surface area contributed by atoms with Gasteiger partial charge in [0.2, 0.25) is 5.91 Å². The van der Waals surface area contributed by atoms with Gasteiger partial charge in [0.15, 0.2) is 0 Å². The van der Waals surface area contributed by atoms with Crippen LogP contribution in [0.15, 0.2) is 30.3 Å². The zero-order chi connectivity index (χ0) is 12.5. The summed E-state index contributed by atoms with van der Waals surface area (Å²) in [4.78, 5) is 14.3. The molecule has 1 aliphatic heterocycles. The summed E-state index contributed by atoms with van der Waals surface area (Å²) in [6.07, 6.45) is 4.52. The van der Waals surface area contributed by atoms with Crippen LogP contribution in [0.5, 0.6) is 0 Å². The lowest BCUT2D eigenvalue weighted by Crippen LogP contribution is -2.39. The summed E-state index contributed by atoms with van der Waals surface area (Å²) < 4.78 is 0.686. The van der Waals surface area contributed by atoms with Gasteiger partial charge in [-0.1, -0.05) is 59.3 Å². The highest BCUT2D eigenvalue weighted by Crippen LogP contribution is 2.41. The molecule has 0 N–H and O–H groups in total. The van der Waals surface area contributed by atoms with Crippen molar-refractivity contribution in [3.05, 3.63) is 35.9 Å². The summed E-state index contributed by atoms with van der Waals surface area (Å²) in [5, 5.41) is 0. The number of carbonyl (C=O) groups excluding carboxylic acids is 1. The van der Waals surface area contributed by atoms with Gasteiger partial charge in [-0.3, -0.25) is 4.79 Å². The first-order chi connectivity index (χ1) is 8.75. The molecule has 0 bridgehead atoms. The second kappa shape index (κ2) is 5.19. The third kappa shape index (κ3) is 2.29. The van der Waals surface area contributed by atoms with Crippen LogP contribution in [0.3, 0.4) is 0 Å². The Hall–Kier alpha value is -0.580. The number of hydrogen-bond donors (Lipinski definition) is 0. The summed E-state index contributed by atoms with van der Waals surface area (Å²) in [5.74, 6) is 0.952. The molecule has 1 amide bonds. The van der Waals surface area contributed by atoms with Crippen LogP contribution >= 0.6 is 22.6 Å². The number of likely N-dealkylation sites (tertiary alicyclic amines) is 1. The van der Waals surface area contributed by atoms with E-state index < -0.39 is 0 Å². The molecule has 1 saturated heterocycles. The Labute approximate surface area is 122 Å². The molecule has 0 spiro atoms. The van der Waals surface area contributed by atoms with E-state index in [0.717, 1.165) is 13.0 Å². The van der Waals surface area contributed by atoms with Gasteiger partial charge in [0, 0.05) is 22.9 Å². The summed E-state index contributed by atoms with van der Waals surface area (Å²) in [7, 11) is 0. The van der Waals surface area contributed by atoms with Gasteiger partial charge in [0.05, 0.1) is 0 Å². The molecule has 18 heavy (non-hydrogen) atoms. The number of halogens is 1. The normalized spacial score (nSPS) is 31.5. The Morgan fingerprint density at radius 2 is 2.00 bits per heavy atom.